The zero-order chi connectivity index (χ0) is 22.1. The summed E-state index contributed by atoms with van der Waals surface area (Å²) in [6.07, 6.45) is 19.9. The Morgan fingerprint density at radius 1 is 0.636 bits per heavy atom. The van der Waals surface area contributed by atoms with Crippen LogP contribution in [0.5, 0.6) is 0 Å². The van der Waals surface area contributed by atoms with E-state index in [2.05, 4.69) is 109 Å². The van der Waals surface area contributed by atoms with Crippen LogP contribution in [0.15, 0.2) is 109 Å². The largest absolute Gasteiger partial charge is 0.373 e. The molecule has 0 N–H and O–H groups in total. The van der Waals surface area contributed by atoms with Crippen LogP contribution >= 0.6 is 0 Å². The molecule has 2 aliphatic heterocycles. The first-order chi connectivity index (χ1) is 16.3. The number of allylic oxidation sites excluding steroid dienone is 4. The van der Waals surface area contributed by atoms with Gasteiger partial charge in [0, 0.05) is 10.8 Å². The summed E-state index contributed by atoms with van der Waals surface area (Å²) in [7, 11) is 0. The van der Waals surface area contributed by atoms with Gasteiger partial charge in [-0.05, 0) is 24.0 Å². The van der Waals surface area contributed by atoms with Crippen LogP contribution < -0.4 is 0 Å². The molecule has 3 nitrogen and oxygen atoms in total. The molecular formula is C30H30O3. The molecule has 168 valence electrons. The third-order valence-electron chi connectivity index (χ3n) is 7.45. The predicted octanol–water partition coefficient (Wildman–Crippen LogP) is 5.45. The van der Waals surface area contributed by atoms with Gasteiger partial charge in [0.1, 0.15) is 0 Å². The minimum atomic E-state index is -0.259. The molecule has 6 atom stereocenters. The number of epoxide rings is 2. The summed E-state index contributed by atoms with van der Waals surface area (Å²) in [6.45, 7) is 1.66. The molecule has 2 fully saturated rings. The van der Waals surface area contributed by atoms with Gasteiger partial charge < -0.3 is 14.2 Å². The predicted molar refractivity (Wildman–Crippen MR) is 130 cm³/mol. The third kappa shape index (κ3) is 4.06. The van der Waals surface area contributed by atoms with E-state index in [1.165, 1.54) is 11.1 Å². The highest BCUT2D eigenvalue weighted by atomic mass is 16.6. The van der Waals surface area contributed by atoms with Crippen LogP contribution in [-0.2, 0) is 25.0 Å². The van der Waals surface area contributed by atoms with Gasteiger partial charge in [0.15, 0.2) is 0 Å². The molecule has 2 aromatic rings. The first kappa shape index (κ1) is 20.9. The van der Waals surface area contributed by atoms with E-state index in [4.69, 9.17) is 14.2 Å². The fourth-order valence-corrected chi connectivity index (χ4v) is 5.56. The average molecular weight is 439 g/mol. The molecular weight excluding hydrogens is 408 g/mol. The summed E-state index contributed by atoms with van der Waals surface area (Å²) < 4.78 is 18.6. The second kappa shape index (κ2) is 8.57. The number of ether oxygens (including phenoxy) is 3. The van der Waals surface area contributed by atoms with Gasteiger partial charge in [0.25, 0.3) is 0 Å². The average Bonchev–Trinajstić information content (AvgIpc) is 3.80. The van der Waals surface area contributed by atoms with E-state index in [0.29, 0.717) is 0 Å². The van der Waals surface area contributed by atoms with Gasteiger partial charge in [-0.1, -0.05) is 109 Å². The molecule has 3 heteroatoms. The third-order valence-corrected chi connectivity index (χ3v) is 7.45. The molecule has 2 heterocycles. The van der Waals surface area contributed by atoms with Crippen molar-refractivity contribution < 1.29 is 14.2 Å². The second-order valence-electron chi connectivity index (χ2n) is 9.60. The van der Waals surface area contributed by atoms with Crippen LogP contribution in [0.4, 0.5) is 0 Å². The molecule has 6 unspecified atom stereocenters. The van der Waals surface area contributed by atoms with Crippen LogP contribution in [0.3, 0.4) is 0 Å². The summed E-state index contributed by atoms with van der Waals surface area (Å²) >= 11 is 0. The normalized spacial score (nSPS) is 36.1. The number of hydrogen-bond donors (Lipinski definition) is 0. The molecule has 2 saturated heterocycles. The number of hydrogen-bond acceptors (Lipinski definition) is 3. The van der Waals surface area contributed by atoms with Crippen LogP contribution in [0.25, 0.3) is 0 Å². The first-order valence-corrected chi connectivity index (χ1v) is 12.0. The van der Waals surface area contributed by atoms with Crippen molar-refractivity contribution in [3.05, 3.63) is 120 Å². The molecule has 0 aromatic heterocycles. The van der Waals surface area contributed by atoms with Gasteiger partial charge in [-0.15, -0.1) is 0 Å². The topological polar surface area (TPSA) is 34.3 Å². The van der Waals surface area contributed by atoms with Crippen molar-refractivity contribution in [3.8, 4) is 0 Å². The molecule has 33 heavy (non-hydrogen) atoms. The Balaban J connectivity index is 1.39. The van der Waals surface area contributed by atoms with E-state index in [9.17, 15) is 0 Å². The lowest BCUT2D eigenvalue weighted by molar-refractivity contribution is -0.0303. The maximum absolute atomic E-state index is 7.14. The zero-order valence-electron chi connectivity index (χ0n) is 18.8. The highest BCUT2D eigenvalue weighted by Gasteiger charge is 2.49. The highest BCUT2D eigenvalue weighted by Crippen LogP contribution is 2.46. The molecule has 0 spiro atoms. The molecule has 0 saturated carbocycles. The van der Waals surface area contributed by atoms with E-state index in [-0.39, 0.29) is 35.2 Å². The summed E-state index contributed by atoms with van der Waals surface area (Å²) in [5, 5.41) is 0. The Kier molecular flexibility index (Phi) is 5.41. The smallest absolute Gasteiger partial charge is 0.0899 e. The Morgan fingerprint density at radius 3 is 1.45 bits per heavy atom. The van der Waals surface area contributed by atoms with Crippen molar-refractivity contribution in [2.24, 2.45) is 0 Å². The van der Waals surface area contributed by atoms with Crippen LogP contribution in [0.2, 0.25) is 0 Å². The summed E-state index contributed by atoms with van der Waals surface area (Å²) in [5.74, 6) is 0. The Bertz CT molecular complexity index is 991. The quantitative estimate of drug-likeness (QED) is 0.514. The second-order valence-corrected chi connectivity index (χ2v) is 9.60. The van der Waals surface area contributed by atoms with E-state index < -0.39 is 0 Å². The van der Waals surface area contributed by atoms with Gasteiger partial charge in [0.2, 0.25) is 0 Å². The van der Waals surface area contributed by atoms with Crippen molar-refractivity contribution in [2.75, 3.05) is 13.2 Å². The molecule has 4 aliphatic rings. The van der Waals surface area contributed by atoms with Crippen LogP contribution in [0.1, 0.15) is 24.0 Å². The van der Waals surface area contributed by atoms with E-state index in [0.717, 1.165) is 26.1 Å². The summed E-state index contributed by atoms with van der Waals surface area (Å²) in [5.41, 5.74) is 2.03. The lowest BCUT2D eigenvalue weighted by Gasteiger charge is -2.45. The lowest BCUT2D eigenvalue weighted by atomic mass is 9.68. The van der Waals surface area contributed by atoms with Gasteiger partial charge in [-0.25, -0.2) is 0 Å². The maximum atomic E-state index is 7.14. The van der Waals surface area contributed by atoms with Crippen molar-refractivity contribution in [2.45, 2.75) is 48.1 Å². The molecule has 0 radical (unpaired) electrons. The lowest BCUT2D eigenvalue weighted by Crippen LogP contribution is -2.48. The Labute approximate surface area is 196 Å². The van der Waals surface area contributed by atoms with Crippen molar-refractivity contribution in [3.63, 3.8) is 0 Å². The van der Waals surface area contributed by atoms with Crippen molar-refractivity contribution >= 4 is 0 Å². The van der Waals surface area contributed by atoms with Gasteiger partial charge in [0.05, 0.1) is 37.6 Å². The van der Waals surface area contributed by atoms with Crippen LogP contribution in [-0.4, -0.2) is 37.6 Å². The Morgan fingerprint density at radius 2 is 1.06 bits per heavy atom. The highest BCUT2D eigenvalue weighted by molar-refractivity contribution is 5.42. The summed E-state index contributed by atoms with van der Waals surface area (Å²) in [6, 6.07) is 21.5. The van der Waals surface area contributed by atoms with Crippen LogP contribution in [0, 0.1) is 0 Å². The molecule has 6 rings (SSSR count). The monoisotopic (exact) mass is 438 g/mol. The van der Waals surface area contributed by atoms with Gasteiger partial charge in [-0.2, -0.15) is 0 Å². The standard InChI is InChI=1S/C30H30O3/c1-3-11-23(12-4-1)29(19-25-21-31-25)17-9-7-15-27(29)33-28-16-8-10-18-30(28,20-26-22-32-26)24-13-5-2-6-14-24/h1-18,25-28H,19-22H2. The molecule has 0 bridgehead atoms. The number of benzene rings is 2. The fraction of sp³-hybridized carbons (Fsp3) is 0.333. The Hall–Kier alpha value is -2.72. The first-order valence-electron chi connectivity index (χ1n) is 12.0. The molecule has 2 aliphatic carbocycles. The fourth-order valence-electron chi connectivity index (χ4n) is 5.56. The minimum absolute atomic E-state index is 0.0986. The minimum Gasteiger partial charge on any atom is -0.373 e. The number of rotatable bonds is 8. The zero-order valence-corrected chi connectivity index (χ0v) is 18.8. The van der Waals surface area contributed by atoms with E-state index >= 15 is 0 Å². The van der Waals surface area contributed by atoms with Crippen molar-refractivity contribution in [1.29, 1.82) is 0 Å². The van der Waals surface area contributed by atoms with E-state index in [1.807, 2.05) is 0 Å². The van der Waals surface area contributed by atoms with Crippen molar-refractivity contribution in [1.82, 2.24) is 0 Å². The molecule has 0 amide bonds. The summed E-state index contributed by atoms with van der Waals surface area (Å²) in [4.78, 5) is 0. The van der Waals surface area contributed by atoms with Gasteiger partial charge in [-0.3, -0.25) is 0 Å². The maximum Gasteiger partial charge on any atom is 0.0899 e. The van der Waals surface area contributed by atoms with E-state index in [1.54, 1.807) is 0 Å². The SMILES string of the molecule is C1=CC(OC2C=CC=CC2(CC2CO2)c2ccccc2)C(CC2CO2)(c2ccccc2)C=C1. The molecule has 2 aromatic carbocycles. The van der Waals surface area contributed by atoms with Gasteiger partial charge >= 0.3 is 0 Å².